The van der Waals surface area contributed by atoms with E-state index in [1.807, 2.05) is 19.9 Å². The molecule has 2 fully saturated rings. The minimum Gasteiger partial charge on any atom is -0.449 e. The zero-order valence-electron chi connectivity index (χ0n) is 16.4. The van der Waals surface area contributed by atoms with Crippen molar-refractivity contribution in [1.29, 1.82) is 0 Å². The van der Waals surface area contributed by atoms with Crippen LogP contribution in [0.2, 0.25) is 0 Å². The summed E-state index contributed by atoms with van der Waals surface area (Å²) in [6.45, 7) is 8.47. The monoisotopic (exact) mass is 377 g/mol. The normalized spacial score (nSPS) is 20.9. The first-order valence-electron chi connectivity index (χ1n) is 9.94. The number of hydrogen-bond donors (Lipinski definition) is 1. The fourth-order valence-corrected chi connectivity index (χ4v) is 3.65. The number of hydrogen-bond acceptors (Lipinski definition) is 7. The van der Waals surface area contributed by atoms with Crippen LogP contribution < -0.4 is 9.80 Å². The Kier molecular flexibility index (Phi) is 6.71. The molecule has 27 heavy (non-hydrogen) atoms. The fourth-order valence-electron chi connectivity index (χ4n) is 3.65. The Balaban J connectivity index is 1.62. The summed E-state index contributed by atoms with van der Waals surface area (Å²) >= 11 is 0. The average molecular weight is 377 g/mol. The van der Waals surface area contributed by atoms with E-state index in [0.717, 1.165) is 50.5 Å². The van der Waals surface area contributed by atoms with Gasteiger partial charge in [-0.1, -0.05) is 13.8 Å². The van der Waals surface area contributed by atoms with Crippen molar-refractivity contribution in [2.75, 3.05) is 55.7 Å². The van der Waals surface area contributed by atoms with E-state index < -0.39 is 0 Å². The molecule has 8 nitrogen and oxygen atoms in total. The zero-order chi connectivity index (χ0) is 19.2. The van der Waals surface area contributed by atoms with Crippen LogP contribution in [0.5, 0.6) is 0 Å². The lowest BCUT2D eigenvalue weighted by Crippen LogP contribution is -2.36. The Bertz CT molecular complexity index is 627. The third kappa shape index (κ3) is 5.00. The molecule has 0 aromatic carbocycles. The molecule has 2 aliphatic rings. The van der Waals surface area contributed by atoms with E-state index in [1.54, 1.807) is 11.2 Å². The van der Waals surface area contributed by atoms with Gasteiger partial charge in [0.15, 0.2) is 0 Å². The van der Waals surface area contributed by atoms with Crippen molar-refractivity contribution in [1.82, 2.24) is 14.9 Å². The van der Waals surface area contributed by atoms with Crippen molar-refractivity contribution in [2.24, 2.45) is 5.92 Å². The van der Waals surface area contributed by atoms with Crippen LogP contribution >= 0.6 is 0 Å². The van der Waals surface area contributed by atoms with E-state index in [-0.39, 0.29) is 18.7 Å². The minimum absolute atomic E-state index is 0.142. The molecule has 1 aromatic heterocycles. The maximum Gasteiger partial charge on any atom is 0.409 e. The van der Waals surface area contributed by atoms with Crippen molar-refractivity contribution < 1.29 is 14.6 Å². The maximum atomic E-state index is 12.2. The van der Waals surface area contributed by atoms with E-state index in [9.17, 15) is 9.90 Å². The highest BCUT2D eigenvalue weighted by atomic mass is 16.6. The number of anilines is 2. The van der Waals surface area contributed by atoms with Crippen LogP contribution in [0.3, 0.4) is 0 Å². The number of aromatic nitrogens is 2. The summed E-state index contributed by atoms with van der Waals surface area (Å²) in [6.07, 6.45) is 4.31. The highest BCUT2D eigenvalue weighted by molar-refractivity contribution is 5.67. The van der Waals surface area contributed by atoms with Crippen molar-refractivity contribution in [2.45, 2.75) is 39.2 Å². The second-order valence-corrected chi connectivity index (χ2v) is 7.70. The first kappa shape index (κ1) is 19.7. The molecule has 0 aliphatic carbocycles. The smallest absolute Gasteiger partial charge is 0.409 e. The van der Waals surface area contributed by atoms with E-state index in [4.69, 9.17) is 4.74 Å². The molecule has 1 unspecified atom stereocenters. The molecule has 1 amide bonds. The van der Waals surface area contributed by atoms with Gasteiger partial charge in [-0.15, -0.1) is 0 Å². The van der Waals surface area contributed by atoms with Crippen LogP contribution in [0, 0.1) is 5.92 Å². The van der Waals surface area contributed by atoms with E-state index in [1.165, 1.54) is 0 Å². The number of ether oxygens (including phenoxy) is 1. The lowest BCUT2D eigenvalue weighted by molar-refractivity contribution is 0.0943. The van der Waals surface area contributed by atoms with Crippen LogP contribution in [0.1, 0.15) is 33.1 Å². The maximum absolute atomic E-state index is 12.2. The molecule has 8 heteroatoms. The van der Waals surface area contributed by atoms with Crippen molar-refractivity contribution in [3.05, 3.63) is 12.4 Å². The quantitative estimate of drug-likeness (QED) is 0.837. The fraction of sp³-hybridized carbons (Fsp3) is 0.737. The van der Waals surface area contributed by atoms with Gasteiger partial charge in [-0.05, 0) is 25.2 Å². The van der Waals surface area contributed by atoms with Gasteiger partial charge in [0, 0.05) is 38.8 Å². The summed E-state index contributed by atoms with van der Waals surface area (Å²) in [7, 11) is 0. The molecule has 1 aromatic rings. The first-order valence-corrected chi connectivity index (χ1v) is 9.94. The van der Waals surface area contributed by atoms with Gasteiger partial charge < -0.3 is 24.5 Å². The second kappa shape index (κ2) is 9.21. The topological polar surface area (TPSA) is 82.0 Å². The predicted octanol–water partition coefficient (Wildman–Crippen LogP) is 1.74. The summed E-state index contributed by atoms with van der Waals surface area (Å²) in [5.41, 5.74) is 0. The summed E-state index contributed by atoms with van der Waals surface area (Å²) in [5.74, 6) is 2.08. The Labute approximate surface area is 161 Å². The number of aliphatic hydroxyl groups is 1. The Morgan fingerprint density at radius 3 is 2.78 bits per heavy atom. The third-order valence-electron chi connectivity index (χ3n) is 5.14. The molecular formula is C19H31N5O3. The molecule has 1 atom stereocenters. The summed E-state index contributed by atoms with van der Waals surface area (Å²) in [5, 5.41) is 9.57. The minimum atomic E-state index is -0.225. The van der Waals surface area contributed by atoms with E-state index in [2.05, 4.69) is 19.8 Å². The molecule has 1 N–H and O–H groups in total. The van der Waals surface area contributed by atoms with Gasteiger partial charge in [0.1, 0.15) is 18.0 Å². The van der Waals surface area contributed by atoms with Crippen LogP contribution in [-0.4, -0.2) is 78.0 Å². The Hall–Kier alpha value is -2.09. The van der Waals surface area contributed by atoms with Gasteiger partial charge >= 0.3 is 6.09 Å². The standard InChI is InChI=1S/C19H31N5O3/c1-15(2)13-27-19(26)23-7-4-6-22(9-10-23)17-11-18(21-14-20-17)24-8-3-5-16(24)12-25/h11,14-16,25H,3-10,12-13H2,1-2H3. The molecule has 0 spiro atoms. The number of carbonyl (C=O) groups is 1. The molecule has 3 heterocycles. The lowest BCUT2D eigenvalue weighted by Gasteiger charge is -2.26. The van der Waals surface area contributed by atoms with Gasteiger partial charge in [-0.3, -0.25) is 0 Å². The SMILES string of the molecule is CC(C)COC(=O)N1CCCN(c2cc(N3CCCC3CO)ncn2)CC1. The molecule has 0 saturated carbocycles. The summed E-state index contributed by atoms with van der Waals surface area (Å²) in [4.78, 5) is 27.2. The average Bonchev–Trinajstić information content (AvgIpc) is 3.02. The molecule has 0 bridgehead atoms. The van der Waals surface area contributed by atoms with Crippen LogP contribution in [-0.2, 0) is 4.74 Å². The zero-order valence-corrected chi connectivity index (χ0v) is 16.4. The predicted molar refractivity (Wildman–Crippen MR) is 104 cm³/mol. The molecule has 2 aliphatic heterocycles. The molecule has 0 radical (unpaired) electrons. The summed E-state index contributed by atoms with van der Waals surface area (Å²) in [6, 6.07) is 2.14. The van der Waals surface area contributed by atoms with Crippen molar-refractivity contribution in [3.8, 4) is 0 Å². The largest absolute Gasteiger partial charge is 0.449 e. The van der Waals surface area contributed by atoms with Crippen molar-refractivity contribution >= 4 is 17.7 Å². The number of aliphatic hydroxyl groups excluding tert-OH is 1. The summed E-state index contributed by atoms with van der Waals surface area (Å²) < 4.78 is 5.36. The molecule has 2 saturated heterocycles. The van der Waals surface area contributed by atoms with E-state index >= 15 is 0 Å². The van der Waals surface area contributed by atoms with Gasteiger partial charge in [-0.2, -0.15) is 0 Å². The van der Waals surface area contributed by atoms with Gasteiger partial charge in [0.2, 0.25) is 0 Å². The van der Waals surface area contributed by atoms with Crippen LogP contribution in [0.25, 0.3) is 0 Å². The molecule has 150 valence electrons. The van der Waals surface area contributed by atoms with Crippen LogP contribution in [0.4, 0.5) is 16.4 Å². The highest BCUT2D eigenvalue weighted by Crippen LogP contribution is 2.26. The van der Waals surface area contributed by atoms with E-state index in [0.29, 0.717) is 25.6 Å². The third-order valence-corrected chi connectivity index (χ3v) is 5.14. The van der Waals surface area contributed by atoms with Gasteiger partial charge in [-0.25, -0.2) is 14.8 Å². The lowest BCUT2D eigenvalue weighted by atomic mass is 10.2. The molecular weight excluding hydrogens is 346 g/mol. The number of nitrogens with zero attached hydrogens (tertiary/aromatic N) is 5. The molecule has 3 rings (SSSR count). The Morgan fingerprint density at radius 1 is 1.19 bits per heavy atom. The second-order valence-electron chi connectivity index (χ2n) is 7.70. The number of amides is 1. The van der Waals surface area contributed by atoms with Crippen molar-refractivity contribution in [3.63, 3.8) is 0 Å². The highest BCUT2D eigenvalue weighted by Gasteiger charge is 2.26. The van der Waals surface area contributed by atoms with Gasteiger partial charge in [0.25, 0.3) is 0 Å². The van der Waals surface area contributed by atoms with Crippen LogP contribution in [0.15, 0.2) is 12.4 Å². The number of rotatable bonds is 5. The van der Waals surface area contributed by atoms with Gasteiger partial charge in [0.05, 0.1) is 19.3 Å². The number of carbonyl (C=O) groups excluding carboxylic acids is 1. The Morgan fingerprint density at radius 2 is 2.00 bits per heavy atom. The first-order chi connectivity index (χ1) is 13.1.